The molecular formula is C51H45N4Pt-3. The zero-order chi connectivity index (χ0) is 37.9. The monoisotopic (exact) mass is 908 g/mol. The normalized spacial score (nSPS) is 13.0. The minimum absolute atomic E-state index is 0. The molecule has 0 fully saturated rings. The quantitative estimate of drug-likeness (QED) is 0.155. The Balaban J connectivity index is 0.00000441. The number of hydrogen-bond acceptors (Lipinski definition) is 3. The summed E-state index contributed by atoms with van der Waals surface area (Å²) in [6.45, 7) is 15.8. The van der Waals surface area contributed by atoms with E-state index in [2.05, 4.69) is 214 Å². The molecule has 0 N–H and O–H groups in total. The molecule has 4 nitrogen and oxygen atoms in total. The fourth-order valence-corrected chi connectivity index (χ4v) is 7.80. The molecule has 8 aromatic rings. The summed E-state index contributed by atoms with van der Waals surface area (Å²) in [5.74, 6) is 0.914. The van der Waals surface area contributed by atoms with E-state index in [1.165, 1.54) is 33.0 Å². The third-order valence-corrected chi connectivity index (χ3v) is 10.8. The van der Waals surface area contributed by atoms with Crippen molar-refractivity contribution in [2.45, 2.75) is 58.8 Å². The van der Waals surface area contributed by atoms with Crippen LogP contribution in [0.25, 0.3) is 38.8 Å². The molecule has 0 saturated carbocycles. The van der Waals surface area contributed by atoms with Gasteiger partial charge < -0.3 is 14.4 Å². The van der Waals surface area contributed by atoms with E-state index in [-0.39, 0.29) is 31.9 Å². The first-order chi connectivity index (χ1) is 26.5. The van der Waals surface area contributed by atoms with Gasteiger partial charge in [0, 0.05) is 55.4 Å². The maximum absolute atomic E-state index is 4.90. The summed E-state index contributed by atoms with van der Waals surface area (Å²) in [4.78, 5) is 9.51. The Morgan fingerprint density at radius 1 is 0.571 bits per heavy atom. The molecule has 0 aliphatic carbocycles. The standard InChI is InChI=1S/C51H45N4.Pt/c1-50(2,3)38-26-27-52-49(33-38)55-45-21-13-11-19-42(45)43-25-24-35(31-48(43)55)28-36-29-39(51(4,5)6)32-40(30-36)53-34-54(47-23-15-14-22-46(47)53)44-20-12-10-18-41(44)37-16-8-7-9-17-37;/h7-27,29,32-34H,28H2,1-6H3;/q-3;. The summed E-state index contributed by atoms with van der Waals surface area (Å²) in [7, 11) is 0. The Morgan fingerprint density at radius 3 is 1.98 bits per heavy atom. The zero-order valence-corrected chi connectivity index (χ0v) is 35.0. The van der Waals surface area contributed by atoms with Gasteiger partial charge in [-0.15, -0.1) is 23.8 Å². The minimum Gasteiger partial charge on any atom is -0.493 e. The number of anilines is 4. The van der Waals surface area contributed by atoms with Gasteiger partial charge >= 0.3 is 0 Å². The van der Waals surface area contributed by atoms with Gasteiger partial charge in [0.15, 0.2) is 0 Å². The Bertz CT molecular complexity index is 2700. The van der Waals surface area contributed by atoms with E-state index in [4.69, 9.17) is 4.98 Å². The van der Waals surface area contributed by atoms with Crippen molar-refractivity contribution in [1.82, 2.24) is 9.55 Å². The largest absolute Gasteiger partial charge is 0.493 e. The summed E-state index contributed by atoms with van der Waals surface area (Å²) < 4.78 is 2.28. The van der Waals surface area contributed by atoms with Crippen molar-refractivity contribution < 1.29 is 21.1 Å². The molecule has 0 radical (unpaired) electrons. The second-order valence-electron chi connectivity index (χ2n) is 16.7. The predicted molar refractivity (Wildman–Crippen MR) is 230 cm³/mol. The fourth-order valence-electron chi connectivity index (χ4n) is 7.80. The average Bonchev–Trinajstić information content (AvgIpc) is 3.74. The van der Waals surface area contributed by atoms with Crippen LogP contribution in [0.5, 0.6) is 0 Å². The van der Waals surface area contributed by atoms with Crippen LogP contribution in [0.3, 0.4) is 0 Å². The SMILES string of the molecule is CC(C)(C)c1cc(Cc2[c-]c3c(cc2)c2ccccc2n3-c2cc(C(C)(C)C)ccn2)[c-]c(N2[CH-]N(c3ccccc3-c3ccccc3)c3ccccc32)c1.[Pt]. The second-order valence-corrected chi connectivity index (χ2v) is 16.7. The van der Waals surface area contributed by atoms with Crippen LogP contribution in [0.1, 0.15) is 63.8 Å². The van der Waals surface area contributed by atoms with Gasteiger partial charge in [0.2, 0.25) is 0 Å². The molecule has 0 unspecified atom stereocenters. The number of aromatic nitrogens is 2. The molecule has 6 aromatic carbocycles. The Morgan fingerprint density at radius 2 is 1.23 bits per heavy atom. The number of pyridine rings is 1. The van der Waals surface area contributed by atoms with Crippen LogP contribution >= 0.6 is 0 Å². The van der Waals surface area contributed by atoms with E-state index in [0.717, 1.165) is 50.7 Å². The molecule has 282 valence electrons. The van der Waals surface area contributed by atoms with Crippen LogP contribution in [-0.4, -0.2) is 9.55 Å². The summed E-state index contributed by atoms with van der Waals surface area (Å²) in [5, 5.41) is 2.38. The minimum atomic E-state index is -0.0682. The third-order valence-electron chi connectivity index (χ3n) is 10.8. The van der Waals surface area contributed by atoms with Crippen molar-refractivity contribution in [2.24, 2.45) is 0 Å². The maximum Gasteiger partial charge on any atom is 0.135 e. The van der Waals surface area contributed by atoms with E-state index in [0.29, 0.717) is 6.42 Å². The van der Waals surface area contributed by atoms with E-state index in [1.54, 1.807) is 0 Å². The number of benzene rings is 6. The van der Waals surface area contributed by atoms with Crippen LogP contribution in [0.4, 0.5) is 22.7 Å². The molecule has 0 saturated heterocycles. The topological polar surface area (TPSA) is 24.3 Å². The number of nitrogens with zero attached hydrogens (tertiary/aromatic N) is 4. The first kappa shape index (κ1) is 37.5. The number of hydrogen-bond donors (Lipinski definition) is 0. The molecule has 0 spiro atoms. The van der Waals surface area contributed by atoms with Gasteiger partial charge in [0.1, 0.15) is 5.82 Å². The van der Waals surface area contributed by atoms with E-state index in [9.17, 15) is 0 Å². The van der Waals surface area contributed by atoms with Crippen LogP contribution < -0.4 is 9.80 Å². The van der Waals surface area contributed by atoms with Crippen molar-refractivity contribution in [3.63, 3.8) is 0 Å². The van der Waals surface area contributed by atoms with Gasteiger partial charge in [0.25, 0.3) is 0 Å². The Kier molecular flexibility index (Phi) is 9.75. The Labute approximate surface area is 345 Å². The summed E-state index contributed by atoms with van der Waals surface area (Å²) in [5.41, 5.74) is 13.7. The first-order valence-corrected chi connectivity index (χ1v) is 19.2. The smallest absolute Gasteiger partial charge is 0.135 e. The summed E-state index contributed by atoms with van der Waals surface area (Å²) in [6.07, 6.45) is 2.63. The fraction of sp³-hybridized carbons (Fsp3) is 0.176. The van der Waals surface area contributed by atoms with Gasteiger partial charge in [0.05, 0.1) is 0 Å². The van der Waals surface area contributed by atoms with Crippen molar-refractivity contribution in [3.8, 4) is 16.9 Å². The van der Waals surface area contributed by atoms with Gasteiger partial charge in [-0.25, -0.2) is 4.98 Å². The molecular weight excluding hydrogens is 864 g/mol. The van der Waals surface area contributed by atoms with E-state index in [1.807, 2.05) is 6.20 Å². The molecule has 0 amide bonds. The van der Waals surface area contributed by atoms with E-state index >= 15 is 0 Å². The number of para-hydroxylation sites is 4. The molecule has 2 aromatic heterocycles. The van der Waals surface area contributed by atoms with Crippen LogP contribution in [0, 0.1) is 18.8 Å². The van der Waals surface area contributed by atoms with Crippen LogP contribution in [0.2, 0.25) is 0 Å². The molecule has 1 aliphatic rings. The van der Waals surface area contributed by atoms with Gasteiger partial charge in [-0.3, -0.25) is 0 Å². The average molecular weight is 909 g/mol. The van der Waals surface area contributed by atoms with Crippen LogP contribution in [-0.2, 0) is 38.3 Å². The van der Waals surface area contributed by atoms with E-state index < -0.39 is 0 Å². The second kappa shape index (κ2) is 14.6. The first-order valence-electron chi connectivity index (χ1n) is 19.2. The zero-order valence-electron chi connectivity index (χ0n) is 32.7. The molecule has 1 aliphatic heterocycles. The van der Waals surface area contributed by atoms with Gasteiger partial charge in [-0.1, -0.05) is 126 Å². The van der Waals surface area contributed by atoms with Crippen molar-refractivity contribution in [2.75, 3.05) is 9.80 Å². The number of fused-ring (bicyclic) bond motifs is 4. The number of rotatable bonds is 6. The summed E-state index contributed by atoms with van der Waals surface area (Å²) >= 11 is 0. The van der Waals surface area contributed by atoms with Gasteiger partial charge in [-0.05, 0) is 70.2 Å². The molecule has 9 rings (SSSR count). The molecule has 3 heterocycles. The molecule has 0 atom stereocenters. The van der Waals surface area contributed by atoms with Crippen molar-refractivity contribution in [3.05, 3.63) is 187 Å². The predicted octanol–water partition coefficient (Wildman–Crippen LogP) is 13.0. The van der Waals surface area contributed by atoms with Crippen molar-refractivity contribution in [1.29, 1.82) is 0 Å². The molecule has 0 bridgehead atoms. The Hall–Kier alpha value is -5.44. The maximum atomic E-state index is 4.90. The van der Waals surface area contributed by atoms with Crippen molar-refractivity contribution >= 4 is 44.6 Å². The molecule has 56 heavy (non-hydrogen) atoms. The van der Waals surface area contributed by atoms with Crippen LogP contribution in [0.15, 0.2) is 146 Å². The summed E-state index contributed by atoms with van der Waals surface area (Å²) in [6, 6.07) is 57.8. The van der Waals surface area contributed by atoms with Gasteiger partial charge in [-0.2, -0.15) is 47.0 Å². The molecule has 5 heteroatoms. The third kappa shape index (κ3) is 6.86.